The first-order chi connectivity index (χ1) is 16.0. The number of rotatable bonds is 2. The van der Waals surface area contributed by atoms with Gasteiger partial charge >= 0.3 is 0 Å². The van der Waals surface area contributed by atoms with Gasteiger partial charge in [-0.3, -0.25) is 0 Å². The number of ether oxygens (including phenoxy) is 3. The van der Waals surface area contributed by atoms with Gasteiger partial charge in [-0.2, -0.15) is 13.8 Å². The van der Waals surface area contributed by atoms with Gasteiger partial charge in [-0.25, -0.2) is 9.98 Å². The van der Waals surface area contributed by atoms with Crippen molar-refractivity contribution >= 4 is 11.6 Å². The summed E-state index contributed by atoms with van der Waals surface area (Å²) in [5.74, 6) is -0.710. The molecule has 9 heteroatoms. The molecule has 6 rings (SSSR count). The van der Waals surface area contributed by atoms with Crippen molar-refractivity contribution < 1.29 is 23.0 Å². The number of nitrogens with zero attached hydrogens (tertiary/aromatic N) is 3. The molecule has 0 bridgehead atoms. The van der Waals surface area contributed by atoms with Gasteiger partial charge < -0.3 is 19.9 Å². The van der Waals surface area contributed by atoms with Gasteiger partial charge in [-0.05, 0) is 47.9 Å². The summed E-state index contributed by atoms with van der Waals surface area (Å²) in [4.78, 5) is 12.5. The van der Waals surface area contributed by atoms with Gasteiger partial charge in [-0.1, -0.05) is 12.1 Å². The number of nitrogens with two attached hydrogens (primary N) is 1. The number of aliphatic imine (C=N–C) groups is 1. The minimum Gasteiger partial charge on any atom is -0.462 e. The molecule has 2 N–H and O–H groups in total. The van der Waals surface area contributed by atoms with Gasteiger partial charge in [0.25, 0.3) is 6.02 Å². The van der Waals surface area contributed by atoms with Crippen LogP contribution in [0.3, 0.4) is 0 Å². The van der Waals surface area contributed by atoms with Crippen LogP contribution in [0, 0.1) is 11.9 Å². The fourth-order valence-electron chi connectivity index (χ4n) is 4.51. The van der Waals surface area contributed by atoms with E-state index in [9.17, 15) is 4.39 Å². The normalized spacial score (nSPS) is 20.9. The average molecular weight is 448 g/mol. The van der Waals surface area contributed by atoms with Gasteiger partial charge in [-0.15, -0.1) is 0 Å². The summed E-state index contributed by atoms with van der Waals surface area (Å²) >= 11 is 0. The van der Waals surface area contributed by atoms with Crippen LogP contribution >= 0.6 is 0 Å². The van der Waals surface area contributed by atoms with E-state index in [0.717, 1.165) is 5.57 Å². The number of benzene rings is 1. The molecule has 7 nitrogen and oxygen atoms in total. The van der Waals surface area contributed by atoms with E-state index in [2.05, 4.69) is 15.0 Å². The maximum atomic E-state index is 15.0. The lowest BCUT2D eigenvalue weighted by Crippen LogP contribution is -2.32. The number of hydrogen-bond donors (Lipinski definition) is 1. The Kier molecular flexibility index (Phi) is 4.41. The Morgan fingerprint density at radius 1 is 1.03 bits per heavy atom. The second-order valence-electron chi connectivity index (χ2n) is 7.99. The molecule has 5 heterocycles. The van der Waals surface area contributed by atoms with Crippen LogP contribution in [0.4, 0.5) is 8.78 Å². The van der Waals surface area contributed by atoms with Crippen molar-refractivity contribution in [2.75, 3.05) is 19.8 Å². The third-order valence-electron chi connectivity index (χ3n) is 6.13. The highest BCUT2D eigenvalue weighted by Crippen LogP contribution is 2.51. The number of halogens is 2. The molecule has 0 amide bonds. The topological polar surface area (TPSA) is 91.9 Å². The van der Waals surface area contributed by atoms with Crippen molar-refractivity contribution in [1.82, 2.24) is 9.97 Å². The lowest BCUT2D eigenvalue weighted by molar-refractivity contribution is 0.161. The van der Waals surface area contributed by atoms with Crippen molar-refractivity contribution in [3.8, 4) is 22.8 Å². The summed E-state index contributed by atoms with van der Waals surface area (Å²) in [5.41, 5.74) is 8.07. The van der Waals surface area contributed by atoms with E-state index in [1.165, 1.54) is 6.20 Å². The van der Waals surface area contributed by atoms with Crippen LogP contribution in [-0.2, 0) is 15.0 Å². The highest BCUT2D eigenvalue weighted by atomic mass is 19.1. The van der Waals surface area contributed by atoms with Crippen molar-refractivity contribution in [3.63, 3.8) is 0 Å². The van der Waals surface area contributed by atoms with Crippen LogP contribution in [0.25, 0.3) is 16.7 Å². The standard InChI is InChI=1S/C24H18F2N4O3/c25-20-15(2-1-7-28-20)14-3-4-19-17(10-14)24(12-32-23(27)30-24)18-11-16(13-5-8-31-9-6-13)21(26)29-22(18)33-19/h1-5,7,10-11H,6,8-9,12H2,(H2,27,30). The third kappa shape index (κ3) is 3.07. The van der Waals surface area contributed by atoms with Crippen LogP contribution < -0.4 is 10.5 Å². The minimum absolute atomic E-state index is 0.00270. The van der Waals surface area contributed by atoms with E-state index >= 15 is 4.39 Å². The summed E-state index contributed by atoms with van der Waals surface area (Å²) in [5, 5.41) is 0. The molecule has 3 aromatic rings. The number of hydrogen-bond acceptors (Lipinski definition) is 7. The summed E-state index contributed by atoms with van der Waals surface area (Å²) in [6.45, 7) is 0.988. The molecule has 2 aromatic heterocycles. The maximum absolute atomic E-state index is 15.0. The Hall–Kier alpha value is -3.85. The second kappa shape index (κ2) is 7.35. The van der Waals surface area contributed by atoms with E-state index < -0.39 is 17.4 Å². The van der Waals surface area contributed by atoms with E-state index in [-0.39, 0.29) is 18.5 Å². The predicted octanol–water partition coefficient (Wildman–Crippen LogP) is 3.92. The highest BCUT2D eigenvalue weighted by molar-refractivity contribution is 5.78. The van der Waals surface area contributed by atoms with Crippen LogP contribution in [0.1, 0.15) is 23.1 Å². The zero-order valence-electron chi connectivity index (χ0n) is 17.3. The molecule has 166 valence electrons. The Bertz CT molecular complexity index is 1360. The Morgan fingerprint density at radius 2 is 1.94 bits per heavy atom. The molecule has 1 unspecified atom stereocenters. The van der Waals surface area contributed by atoms with Gasteiger partial charge in [0.1, 0.15) is 12.4 Å². The van der Waals surface area contributed by atoms with Gasteiger partial charge in [0, 0.05) is 22.9 Å². The molecule has 0 aliphatic carbocycles. The summed E-state index contributed by atoms with van der Waals surface area (Å²) in [6.07, 6.45) is 3.79. The van der Waals surface area contributed by atoms with Gasteiger partial charge in [0.15, 0.2) is 5.54 Å². The molecule has 0 saturated heterocycles. The molecule has 0 radical (unpaired) electrons. The Morgan fingerprint density at radius 3 is 2.70 bits per heavy atom. The highest BCUT2D eigenvalue weighted by Gasteiger charge is 2.48. The van der Waals surface area contributed by atoms with Crippen LogP contribution in [0.5, 0.6) is 11.6 Å². The predicted molar refractivity (Wildman–Crippen MR) is 116 cm³/mol. The molecule has 1 aromatic carbocycles. The Balaban J connectivity index is 1.56. The first-order valence-electron chi connectivity index (χ1n) is 10.4. The third-order valence-corrected chi connectivity index (χ3v) is 6.13. The van der Waals surface area contributed by atoms with E-state index in [1.807, 2.05) is 6.08 Å². The zero-order valence-corrected chi connectivity index (χ0v) is 17.3. The molecule has 33 heavy (non-hydrogen) atoms. The van der Waals surface area contributed by atoms with Gasteiger partial charge in [0.05, 0.1) is 18.8 Å². The number of amidine groups is 1. The largest absolute Gasteiger partial charge is 0.462 e. The fraction of sp³-hybridized carbons (Fsp3) is 0.208. The van der Waals surface area contributed by atoms with Crippen molar-refractivity contribution in [3.05, 3.63) is 77.3 Å². The average Bonchev–Trinajstić information content (AvgIpc) is 3.22. The summed E-state index contributed by atoms with van der Waals surface area (Å²) in [6, 6.07) is 10.2. The molecule has 1 spiro atoms. The summed E-state index contributed by atoms with van der Waals surface area (Å²) < 4.78 is 46.3. The second-order valence-corrected chi connectivity index (χ2v) is 7.99. The molecular weight excluding hydrogens is 430 g/mol. The lowest BCUT2D eigenvalue weighted by Gasteiger charge is -2.33. The SMILES string of the molecule is NC1=NC2(CO1)c1cc(-c3cccnc3F)ccc1Oc1nc(F)c(C3=CCOCC3)cc12. The van der Waals surface area contributed by atoms with E-state index in [0.29, 0.717) is 53.2 Å². The molecular formula is C24H18F2N4O3. The number of fused-ring (bicyclic) bond motifs is 4. The minimum atomic E-state index is -1.11. The molecule has 3 aliphatic heterocycles. The van der Waals surface area contributed by atoms with Crippen LogP contribution in [0.15, 0.2) is 53.7 Å². The maximum Gasteiger partial charge on any atom is 0.283 e. The molecule has 0 saturated carbocycles. The van der Waals surface area contributed by atoms with Crippen molar-refractivity contribution in [2.24, 2.45) is 10.7 Å². The number of pyridine rings is 2. The van der Waals surface area contributed by atoms with E-state index in [4.69, 9.17) is 19.9 Å². The lowest BCUT2D eigenvalue weighted by atomic mass is 9.80. The van der Waals surface area contributed by atoms with E-state index in [1.54, 1.807) is 36.4 Å². The summed E-state index contributed by atoms with van der Waals surface area (Å²) in [7, 11) is 0. The monoisotopic (exact) mass is 448 g/mol. The first-order valence-corrected chi connectivity index (χ1v) is 10.4. The van der Waals surface area contributed by atoms with Crippen molar-refractivity contribution in [1.29, 1.82) is 0 Å². The molecule has 0 fully saturated rings. The quantitative estimate of drug-likeness (QED) is 0.598. The first kappa shape index (κ1) is 19.8. The molecule has 3 aliphatic rings. The van der Waals surface area contributed by atoms with Crippen LogP contribution in [-0.4, -0.2) is 35.8 Å². The smallest absolute Gasteiger partial charge is 0.283 e. The van der Waals surface area contributed by atoms with Crippen LogP contribution in [0.2, 0.25) is 0 Å². The van der Waals surface area contributed by atoms with Gasteiger partial charge in [0.2, 0.25) is 17.8 Å². The zero-order chi connectivity index (χ0) is 22.6. The Labute approximate surface area is 187 Å². The fourth-order valence-corrected chi connectivity index (χ4v) is 4.51. The molecule has 1 atom stereocenters. The van der Waals surface area contributed by atoms with Crippen molar-refractivity contribution in [2.45, 2.75) is 12.0 Å². The number of aromatic nitrogens is 2.